The first-order chi connectivity index (χ1) is 9.10. The highest BCUT2D eigenvalue weighted by Crippen LogP contribution is 2.25. The Kier molecular flexibility index (Phi) is 4.69. The van der Waals surface area contributed by atoms with Crippen LogP contribution < -0.4 is 5.73 Å². The van der Waals surface area contributed by atoms with Gasteiger partial charge in [0, 0.05) is 24.0 Å². The summed E-state index contributed by atoms with van der Waals surface area (Å²) in [6.07, 6.45) is 0. The van der Waals surface area contributed by atoms with Gasteiger partial charge in [-0.15, -0.1) is 11.3 Å². The molecular formula is C15H19FN2S. The van der Waals surface area contributed by atoms with Crippen molar-refractivity contribution in [1.82, 2.24) is 4.90 Å². The normalized spacial score (nSPS) is 12.9. The first-order valence-electron chi connectivity index (χ1n) is 6.32. The maximum Gasteiger partial charge on any atom is 0.123 e. The van der Waals surface area contributed by atoms with Gasteiger partial charge in [0.1, 0.15) is 5.82 Å². The third-order valence-corrected chi connectivity index (χ3v) is 4.34. The van der Waals surface area contributed by atoms with Gasteiger partial charge in [-0.1, -0.05) is 12.1 Å². The molecule has 1 atom stereocenters. The van der Waals surface area contributed by atoms with Crippen LogP contribution in [0.5, 0.6) is 0 Å². The van der Waals surface area contributed by atoms with Crippen LogP contribution in [-0.2, 0) is 13.1 Å². The molecule has 2 rings (SSSR count). The van der Waals surface area contributed by atoms with E-state index in [1.807, 2.05) is 6.07 Å². The first kappa shape index (κ1) is 14.2. The lowest BCUT2D eigenvalue weighted by atomic mass is 10.1. The van der Waals surface area contributed by atoms with E-state index in [9.17, 15) is 4.39 Å². The Morgan fingerprint density at radius 3 is 2.68 bits per heavy atom. The number of rotatable bonds is 5. The quantitative estimate of drug-likeness (QED) is 0.906. The minimum Gasteiger partial charge on any atom is -0.326 e. The summed E-state index contributed by atoms with van der Waals surface area (Å²) in [5.41, 5.74) is 7.38. The van der Waals surface area contributed by atoms with Gasteiger partial charge >= 0.3 is 0 Å². The zero-order chi connectivity index (χ0) is 13.8. The summed E-state index contributed by atoms with van der Waals surface area (Å²) < 4.78 is 13.5. The van der Waals surface area contributed by atoms with Gasteiger partial charge in [0.05, 0.1) is 0 Å². The van der Waals surface area contributed by atoms with Crippen LogP contribution in [0.25, 0.3) is 0 Å². The van der Waals surface area contributed by atoms with E-state index in [1.54, 1.807) is 17.4 Å². The number of nitrogens with two attached hydrogens (primary N) is 1. The summed E-state index contributed by atoms with van der Waals surface area (Å²) in [7, 11) is 2.05. The van der Waals surface area contributed by atoms with Crippen molar-refractivity contribution in [2.75, 3.05) is 7.05 Å². The van der Waals surface area contributed by atoms with E-state index >= 15 is 0 Å². The molecular weight excluding hydrogens is 259 g/mol. The molecule has 1 unspecified atom stereocenters. The maximum atomic E-state index is 13.5. The maximum absolute atomic E-state index is 13.5. The van der Waals surface area contributed by atoms with E-state index in [0.717, 1.165) is 11.1 Å². The van der Waals surface area contributed by atoms with Crippen LogP contribution in [-0.4, -0.2) is 11.9 Å². The van der Waals surface area contributed by atoms with Crippen molar-refractivity contribution in [2.45, 2.75) is 26.1 Å². The standard InChI is InChI=1S/C15H19FN2S/c1-11(15-4-3-5-19-15)18(2)10-13-6-12(9-17)7-14(16)8-13/h3-8,11H,9-10,17H2,1-2H3. The molecule has 0 aliphatic carbocycles. The number of nitrogens with zero attached hydrogens (tertiary/aromatic N) is 1. The first-order valence-corrected chi connectivity index (χ1v) is 7.20. The molecule has 0 radical (unpaired) electrons. The fourth-order valence-corrected chi connectivity index (χ4v) is 2.95. The van der Waals surface area contributed by atoms with E-state index in [2.05, 4.69) is 36.4 Å². The topological polar surface area (TPSA) is 29.3 Å². The number of hydrogen-bond acceptors (Lipinski definition) is 3. The van der Waals surface area contributed by atoms with Crippen LogP contribution in [0.2, 0.25) is 0 Å². The largest absolute Gasteiger partial charge is 0.326 e. The van der Waals surface area contributed by atoms with Gasteiger partial charge in [-0.2, -0.15) is 0 Å². The lowest BCUT2D eigenvalue weighted by Gasteiger charge is -2.24. The van der Waals surface area contributed by atoms with Crippen molar-refractivity contribution in [3.63, 3.8) is 0 Å². The highest BCUT2D eigenvalue weighted by Gasteiger charge is 2.13. The van der Waals surface area contributed by atoms with Crippen LogP contribution in [0.4, 0.5) is 4.39 Å². The van der Waals surface area contributed by atoms with Crippen molar-refractivity contribution >= 4 is 11.3 Å². The molecule has 0 saturated carbocycles. The zero-order valence-corrected chi connectivity index (χ0v) is 12.1. The van der Waals surface area contributed by atoms with E-state index in [1.165, 1.54) is 10.9 Å². The molecule has 2 aromatic rings. The Morgan fingerprint density at radius 2 is 2.05 bits per heavy atom. The second kappa shape index (κ2) is 6.28. The summed E-state index contributed by atoms with van der Waals surface area (Å²) in [5, 5.41) is 2.08. The zero-order valence-electron chi connectivity index (χ0n) is 11.3. The second-order valence-electron chi connectivity index (χ2n) is 4.78. The van der Waals surface area contributed by atoms with Crippen LogP contribution >= 0.6 is 11.3 Å². The summed E-state index contributed by atoms with van der Waals surface area (Å²) in [5.74, 6) is -0.213. The summed E-state index contributed by atoms with van der Waals surface area (Å²) >= 11 is 1.74. The summed E-state index contributed by atoms with van der Waals surface area (Å²) in [4.78, 5) is 3.53. The van der Waals surface area contributed by atoms with Gasteiger partial charge in [-0.25, -0.2) is 4.39 Å². The summed E-state index contributed by atoms with van der Waals surface area (Å²) in [6.45, 7) is 3.24. The third-order valence-electron chi connectivity index (χ3n) is 3.30. The lowest BCUT2D eigenvalue weighted by molar-refractivity contribution is 0.256. The van der Waals surface area contributed by atoms with Crippen molar-refractivity contribution < 1.29 is 4.39 Å². The lowest BCUT2D eigenvalue weighted by Crippen LogP contribution is -2.21. The van der Waals surface area contributed by atoms with E-state index in [-0.39, 0.29) is 5.82 Å². The van der Waals surface area contributed by atoms with E-state index in [4.69, 9.17) is 5.73 Å². The fourth-order valence-electron chi connectivity index (χ4n) is 2.10. The van der Waals surface area contributed by atoms with Gasteiger partial charge in [-0.05, 0) is 48.7 Å². The predicted octanol–water partition coefficient (Wildman–Crippen LogP) is 3.54. The average molecular weight is 278 g/mol. The van der Waals surface area contributed by atoms with Gasteiger partial charge in [0.2, 0.25) is 0 Å². The Balaban J connectivity index is 2.10. The molecule has 2 nitrogen and oxygen atoms in total. The highest BCUT2D eigenvalue weighted by molar-refractivity contribution is 7.10. The van der Waals surface area contributed by atoms with Crippen LogP contribution in [0, 0.1) is 5.82 Å². The third kappa shape index (κ3) is 3.62. The molecule has 0 spiro atoms. The van der Waals surface area contributed by atoms with E-state index < -0.39 is 0 Å². The molecule has 0 saturated heterocycles. The highest BCUT2D eigenvalue weighted by atomic mass is 32.1. The van der Waals surface area contributed by atoms with Gasteiger partial charge in [0.15, 0.2) is 0 Å². The van der Waals surface area contributed by atoms with Crippen LogP contribution in [0.15, 0.2) is 35.7 Å². The number of benzene rings is 1. The van der Waals surface area contributed by atoms with Gasteiger partial charge in [-0.3, -0.25) is 4.90 Å². The Morgan fingerprint density at radius 1 is 1.32 bits per heavy atom. The molecule has 19 heavy (non-hydrogen) atoms. The van der Waals surface area contributed by atoms with Crippen molar-refractivity contribution in [1.29, 1.82) is 0 Å². The number of hydrogen-bond donors (Lipinski definition) is 1. The molecule has 0 aliphatic heterocycles. The Labute approximate surface area is 117 Å². The molecule has 0 fully saturated rings. The number of thiophene rings is 1. The second-order valence-corrected chi connectivity index (χ2v) is 5.76. The smallest absolute Gasteiger partial charge is 0.123 e. The van der Waals surface area contributed by atoms with Crippen molar-refractivity contribution in [2.24, 2.45) is 5.73 Å². The average Bonchev–Trinajstić information content (AvgIpc) is 2.90. The minimum absolute atomic E-state index is 0.213. The molecule has 1 heterocycles. The molecule has 2 N–H and O–H groups in total. The van der Waals surface area contributed by atoms with E-state index in [0.29, 0.717) is 19.1 Å². The summed E-state index contributed by atoms with van der Waals surface area (Å²) in [6, 6.07) is 9.55. The predicted molar refractivity (Wildman–Crippen MR) is 78.5 cm³/mol. The van der Waals surface area contributed by atoms with Crippen LogP contribution in [0.3, 0.4) is 0 Å². The Hall–Kier alpha value is -1.23. The SMILES string of the molecule is CC(c1cccs1)N(C)Cc1cc(F)cc(CN)c1. The number of halogens is 1. The van der Waals surface area contributed by atoms with Gasteiger partial charge < -0.3 is 5.73 Å². The monoisotopic (exact) mass is 278 g/mol. The minimum atomic E-state index is -0.213. The molecule has 102 valence electrons. The van der Waals surface area contributed by atoms with Crippen molar-refractivity contribution in [3.8, 4) is 0 Å². The molecule has 0 bridgehead atoms. The molecule has 0 amide bonds. The molecule has 0 aliphatic rings. The van der Waals surface area contributed by atoms with Gasteiger partial charge in [0.25, 0.3) is 0 Å². The molecule has 1 aromatic carbocycles. The van der Waals surface area contributed by atoms with Crippen molar-refractivity contribution in [3.05, 3.63) is 57.5 Å². The molecule has 4 heteroatoms. The van der Waals surface area contributed by atoms with Crippen LogP contribution in [0.1, 0.15) is 29.0 Å². The fraction of sp³-hybridized carbons (Fsp3) is 0.333. The Bertz CT molecular complexity index is 525. The molecule has 1 aromatic heterocycles.